The lowest BCUT2D eigenvalue weighted by molar-refractivity contribution is 0.104. The van der Waals surface area contributed by atoms with Crippen molar-refractivity contribution in [3.8, 4) is 0 Å². The van der Waals surface area contributed by atoms with Gasteiger partial charge in [-0.2, -0.15) is 0 Å². The van der Waals surface area contributed by atoms with E-state index < -0.39 is 0 Å². The van der Waals surface area contributed by atoms with Crippen LogP contribution in [0.15, 0.2) is 34.8 Å². The third-order valence-corrected chi connectivity index (χ3v) is 6.72. The van der Waals surface area contributed by atoms with Gasteiger partial charge < -0.3 is 5.73 Å². The van der Waals surface area contributed by atoms with E-state index in [9.17, 15) is 4.79 Å². The van der Waals surface area contributed by atoms with Gasteiger partial charge in [0.05, 0.1) is 5.69 Å². The summed E-state index contributed by atoms with van der Waals surface area (Å²) in [5, 5.41) is 0.931. The summed E-state index contributed by atoms with van der Waals surface area (Å²) >= 11 is 4.81. The second-order valence-electron chi connectivity index (χ2n) is 6.64. The second-order valence-corrected chi connectivity index (χ2v) is 8.56. The van der Waals surface area contributed by atoms with Gasteiger partial charge in [0.2, 0.25) is 5.78 Å². The molecule has 25 heavy (non-hydrogen) atoms. The largest absolute Gasteiger partial charge is 0.397 e. The van der Waals surface area contributed by atoms with Crippen LogP contribution in [0.1, 0.15) is 46.3 Å². The molecule has 0 fully saturated rings. The van der Waals surface area contributed by atoms with E-state index in [0.717, 1.165) is 33.4 Å². The molecule has 0 unspecified atom stereocenters. The smallest absolute Gasteiger partial charge is 0.205 e. The summed E-state index contributed by atoms with van der Waals surface area (Å²) in [7, 11) is 0. The molecule has 5 heteroatoms. The van der Waals surface area contributed by atoms with Crippen molar-refractivity contribution in [1.29, 1.82) is 0 Å². The van der Waals surface area contributed by atoms with Crippen LogP contribution < -0.4 is 5.73 Å². The Morgan fingerprint density at radius 1 is 1.36 bits per heavy atom. The van der Waals surface area contributed by atoms with Gasteiger partial charge >= 0.3 is 0 Å². The van der Waals surface area contributed by atoms with Crippen LogP contribution in [-0.2, 0) is 12.8 Å². The number of halogens is 1. The standard InChI is InChI=1S/C20H19BrN2OS/c1-2-11-3-8-16-13(9-11)10-15-17(22)19(25-20(15)23-16)18(24)12-4-6-14(21)7-5-12/h4-7,10-11H,2-3,8-9,22H2,1H3/t11-/m0/s1. The highest BCUT2D eigenvalue weighted by Crippen LogP contribution is 2.37. The summed E-state index contributed by atoms with van der Waals surface area (Å²) in [4.78, 5) is 19.2. The fourth-order valence-electron chi connectivity index (χ4n) is 3.52. The number of nitrogens with two attached hydrogens (primary N) is 1. The van der Waals surface area contributed by atoms with Crippen molar-refractivity contribution in [2.45, 2.75) is 32.6 Å². The van der Waals surface area contributed by atoms with Gasteiger partial charge in [-0.25, -0.2) is 4.98 Å². The molecule has 128 valence electrons. The minimum Gasteiger partial charge on any atom is -0.397 e. The minimum atomic E-state index is -0.0302. The number of aryl methyl sites for hydroxylation is 1. The quantitative estimate of drug-likeness (QED) is 0.584. The number of carbonyl (C=O) groups is 1. The molecule has 3 nitrogen and oxygen atoms in total. The Bertz CT molecular complexity index is 962. The van der Waals surface area contributed by atoms with Crippen molar-refractivity contribution in [1.82, 2.24) is 4.98 Å². The van der Waals surface area contributed by atoms with E-state index in [1.54, 1.807) is 0 Å². The van der Waals surface area contributed by atoms with Crippen LogP contribution in [0.2, 0.25) is 0 Å². The van der Waals surface area contributed by atoms with E-state index in [0.29, 0.717) is 16.1 Å². The molecule has 0 saturated carbocycles. The monoisotopic (exact) mass is 414 g/mol. The zero-order chi connectivity index (χ0) is 17.6. The minimum absolute atomic E-state index is 0.0302. The number of benzene rings is 1. The number of rotatable bonds is 3. The van der Waals surface area contributed by atoms with Crippen LogP contribution in [-0.4, -0.2) is 10.8 Å². The maximum absolute atomic E-state index is 12.9. The highest BCUT2D eigenvalue weighted by molar-refractivity contribution is 9.10. The first kappa shape index (κ1) is 16.7. The van der Waals surface area contributed by atoms with Gasteiger partial charge in [-0.15, -0.1) is 11.3 Å². The van der Waals surface area contributed by atoms with Gasteiger partial charge in [-0.1, -0.05) is 29.3 Å². The number of pyridine rings is 1. The van der Waals surface area contributed by atoms with Crippen molar-refractivity contribution < 1.29 is 4.79 Å². The maximum Gasteiger partial charge on any atom is 0.205 e. The van der Waals surface area contributed by atoms with Crippen molar-refractivity contribution >= 4 is 49.0 Å². The maximum atomic E-state index is 12.9. The predicted molar refractivity (Wildman–Crippen MR) is 107 cm³/mol. The molecule has 0 amide bonds. The lowest BCUT2D eigenvalue weighted by Gasteiger charge is -2.22. The molecule has 2 N–H and O–H groups in total. The predicted octanol–water partition coefficient (Wildman–Crippen LogP) is 5.39. The van der Waals surface area contributed by atoms with Gasteiger partial charge in [0.1, 0.15) is 9.71 Å². The Balaban J connectivity index is 1.77. The summed E-state index contributed by atoms with van der Waals surface area (Å²) in [6, 6.07) is 9.56. The Morgan fingerprint density at radius 3 is 2.84 bits per heavy atom. The fraction of sp³-hybridized carbons (Fsp3) is 0.300. The molecule has 0 spiro atoms. The van der Waals surface area contributed by atoms with Gasteiger partial charge in [-0.3, -0.25) is 4.79 Å². The molecular formula is C20H19BrN2OS. The first-order valence-corrected chi connectivity index (χ1v) is 10.2. The molecule has 1 atom stereocenters. The Morgan fingerprint density at radius 2 is 2.12 bits per heavy atom. The molecule has 1 aliphatic carbocycles. The molecule has 4 rings (SSSR count). The van der Waals surface area contributed by atoms with Crippen LogP contribution >= 0.6 is 27.3 Å². The molecule has 3 aromatic rings. The Kier molecular flexibility index (Phi) is 4.38. The number of carbonyl (C=O) groups excluding carboxylic acids is 1. The number of ketones is 1. The van der Waals surface area contributed by atoms with Crippen molar-refractivity contribution in [3.63, 3.8) is 0 Å². The van der Waals surface area contributed by atoms with Crippen LogP contribution in [0.25, 0.3) is 10.2 Å². The number of hydrogen-bond donors (Lipinski definition) is 1. The molecule has 0 saturated heterocycles. The van der Waals surface area contributed by atoms with E-state index in [1.165, 1.54) is 35.4 Å². The number of thiophene rings is 1. The molecule has 2 aromatic heterocycles. The summed E-state index contributed by atoms with van der Waals surface area (Å²) < 4.78 is 0.952. The number of hydrogen-bond acceptors (Lipinski definition) is 4. The van der Waals surface area contributed by atoms with Crippen molar-refractivity contribution in [2.75, 3.05) is 5.73 Å². The second kappa shape index (κ2) is 6.54. The average Bonchev–Trinajstić information content (AvgIpc) is 2.95. The number of nitrogen functional groups attached to an aromatic ring is 1. The van der Waals surface area contributed by atoms with Crippen molar-refractivity contribution in [2.24, 2.45) is 5.92 Å². The third-order valence-electron chi connectivity index (χ3n) is 5.08. The first-order valence-electron chi connectivity index (χ1n) is 8.57. The molecular weight excluding hydrogens is 396 g/mol. The summed E-state index contributed by atoms with van der Waals surface area (Å²) in [6.45, 7) is 2.25. The summed E-state index contributed by atoms with van der Waals surface area (Å²) in [5.74, 6) is 0.702. The number of fused-ring (bicyclic) bond motifs is 2. The first-order chi connectivity index (χ1) is 12.1. The highest BCUT2D eigenvalue weighted by Gasteiger charge is 2.23. The van der Waals surface area contributed by atoms with E-state index in [2.05, 4.69) is 28.9 Å². The Labute approximate surface area is 159 Å². The zero-order valence-corrected chi connectivity index (χ0v) is 16.4. The molecule has 2 heterocycles. The van der Waals surface area contributed by atoms with E-state index in [1.807, 2.05) is 24.3 Å². The Hall–Kier alpha value is -1.72. The topological polar surface area (TPSA) is 56.0 Å². The normalized spacial score (nSPS) is 16.8. The van der Waals surface area contributed by atoms with Crippen LogP contribution in [0.5, 0.6) is 0 Å². The van der Waals surface area contributed by atoms with Gasteiger partial charge in [0.25, 0.3) is 0 Å². The molecule has 0 radical (unpaired) electrons. The highest BCUT2D eigenvalue weighted by atomic mass is 79.9. The lowest BCUT2D eigenvalue weighted by Crippen LogP contribution is -2.14. The third kappa shape index (κ3) is 3.00. The fourth-order valence-corrected chi connectivity index (χ4v) is 4.84. The van der Waals surface area contributed by atoms with E-state index in [-0.39, 0.29) is 5.78 Å². The summed E-state index contributed by atoms with van der Waals surface area (Å²) in [5.41, 5.74) is 10.1. The van der Waals surface area contributed by atoms with Crippen LogP contribution in [0.3, 0.4) is 0 Å². The van der Waals surface area contributed by atoms with Crippen LogP contribution in [0.4, 0.5) is 5.69 Å². The summed E-state index contributed by atoms with van der Waals surface area (Å²) in [6.07, 6.45) is 4.50. The van der Waals surface area contributed by atoms with Crippen molar-refractivity contribution in [3.05, 3.63) is 56.5 Å². The molecule has 1 aliphatic rings. The van der Waals surface area contributed by atoms with Gasteiger partial charge in [-0.05, 0) is 61.1 Å². The number of anilines is 1. The van der Waals surface area contributed by atoms with Gasteiger partial charge in [0, 0.05) is 21.1 Å². The zero-order valence-electron chi connectivity index (χ0n) is 14.0. The molecule has 1 aromatic carbocycles. The van der Waals surface area contributed by atoms with Gasteiger partial charge in [0.15, 0.2) is 0 Å². The molecule has 0 bridgehead atoms. The van der Waals surface area contributed by atoms with Crippen LogP contribution in [0, 0.1) is 5.92 Å². The molecule has 0 aliphatic heterocycles. The number of aromatic nitrogens is 1. The van der Waals surface area contributed by atoms with E-state index >= 15 is 0 Å². The lowest BCUT2D eigenvalue weighted by atomic mass is 9.85. The average molecular weight is 415 g/mol. The van der Waals surface area contributed by atoms with E-state index in [4.69, 9.17) is 10.7 Å². The number of nitrogens with zero attached hydrogens (tertiary/aromatic N) is 1. The SMILES string of the molecule is CC[C@H]1CCc2nc3sc(C(=O)c4ccc(Br)cc4)c(N)c3cc2C1.